The Kier molecular flexibility index (Phi) is 3.92. The Labute approximate surface area is 85.4 Å². The van der Waals surface area contributed by atoms with Gasteiger partial charge in [-0.05, 0) is 6.42 Å². The molecule has 1 fully saturated rings. The summed E-state index contributed by atoms with van der Waals surface area (Å²) in [5.41, 5.74) is 0. The van der Waals surface area contributed by atoms with Crippen LogP contribution in [-0.4, -0.2) is 50.0 Å². The zero-order chi connectivity index (χ0) is 11.5. The van der Waals surface area contributed by atoms with Gasteiger partial charge in [0, 0.05) is 20.1 Å². The fraction of sp³-hybridized carbons (Fsp3) is 0.875. The second-order valence-electron chi connectivity index (χ2n) is 3.35. The van der Waals surface area contributed by atoms with E-state index in [9.17, 15) is 18.0 Å². The minimum absolute atomic E-state index is 0.0304. The van der Waals surface area contributed by atoms with Gasteiger partial charge >= 0.3 is 6.36 Å². The fourth-order valence-corrected chi connectivity index (χ4v) is 1.39. The van der Waals surface area contributed by atoms with Gasteiger partial charge in [0.15, 0.2) is 0 Å². The molecule has 1 atom stereocenters. The van der Waals surface area contributed by atoms with Crippen molar-refractivity contribution in [1.29, 1.82) is 0 Å². The van der Waals surface area contributed by atoms with Crippen LogP contribution in [0.4, 0.5) is 13.2 Å². The van der Waals surface area contributed by atoms with Gasteiger partial charge in [0.1, 0.15) is 0 Å². The SMILES string of the molecule is CN1CCNC(CCOC(F)(F)F)C1=O. The molecule has 1 rings (SSSR count). The Hall–Kier alpha value is -0.820. The van der Waals surface area contributed by atoms with Gasteiger partial charge in [-0.2, -0.15) is 0 Å². The summed E-state index contributed by atoms with van der Waals surface area (Å²) in [4.78, 5) is 12.9. The van der Waals surface area contributed by atoms with E-state index in [1.54, 1.807) is 7.05 Å². The Bertz CT molecular complexity index is 232. The van der Waals surface area contributed by atoms with Crippen molar-refractivity contribution >= 4 is 5.91 Å². The molecule has 1 amide bonds. The zero-order valence-corrected chi connectivity index (χ0v) is 8.30. The average Bonchev–Trinajstić information content (AvgIpc) is 2.10. The van der Waals surface area contributed by atoms with Crippen LogP contribution in [-0.2, 0) is 9.53 Å². The molecule has 0 aliphatic carbocycles. The number of rotatable bonds is 3. The van der Waals surface area contributed by atoms with E-state index in [-0.39, 0.29) is 12.3 Å². The number of piperazine rings is 1. The Balaban J connectivity index is 2.29. The number of likely N-dealkylation sites (N-methyl/N-ethyl adjacent to an activating group) is 1. The van der Waals surface area contributed by atoms with Crippen LogP contribution in [0.15, 0.2) is 0 Å². The molecule has 1 heterocycles. The minimum Gasteiger partial charge on any atom is -0.343 e. The van der Waals surface area contributed by atoms with Gasteiger partial charge in [-0.1, -0.05) is 0 Å². The van der Waals surface area contributed by atoms with Gasteiger partial charge < -0.3 is 10.2 Å². The molecular weight excluding hydrogens is 213 g/mol. The molecule has 0 aromatic rings. The highest BCUT2D eigenvalue weighted by Crippen LogP contribution is 2.16. The summed E-state index contributed by atoms with van der Waals surface area (Å²) in [7, 11) is 1.63. The number of carbonyl (C=O) groups excluding carboxylic acids is 1. The summed E-state index contributed by atoms with van der Waals surface area (Å²) in [6.45, 7) is 0.676. The quantitative estimate of drug-likeness (QED) is 0.754. The topological polar surface area (TPSA) is 41.6 Å². The zero-order valence-electron chi connectivity index (χ0n) is 8.30. The normalized spacial score (nSPS) is 23.3. The van der Waals surface area contributed by atoms with E-state index >= 15 is 0 Å². The van der Waals surface area contributed by atoms with Gasteiger partial charge in [0.25, 0.3) is 0 Å². The van der Waals surface area contributed by atoms with E-state index in [1.165, 1.54) is 4.90 Å². The van der Waals surface area contributed by atoms with Crippen LogP contribution >= 0.6 is 0 Å². The monoisotopic (exact) mass is 226 g/mol. The maximum absolute atomic E-state index is 11.6. The van der Waals surface area contributed by atoms with Crippen molar-refractivity contribution in [1.82, 2.24) is 10.2 Å². The van der Waals surface area contributed by atoms with Gasteiger partial charge in [0.05, 0.1) is 12.6 Å². The lowest BCUT2D eigenvalue weighted by molar-refractivity contribution is -0.325. The molecule has 0 radical (unpaired) electrons. The molecule has 1 aliphatic heterocycles. The number of nitrogens with zero attached hydrogens (tertiary/aromatic N) is 1. The van der Waals surface area contributed by atoms with E-state index in [4.69, 9.17) is 0 Å². The Morgan fingerprint density at radius 1 is 1.60 bits per heavy atom. The van der Waals surface area contributed by atoms with Crippen molar-refractivity contribution in [3.8, 4) is 0 Å². The molecule has 0 bridgehead atoms. The first-order chi connectivity index (χ1) is 6.90. The molecule has 0 aromatic heterocycles. The third kappa shape index (κ3) is 4.05. The molecule has 15 heavy (non-hydrogen) atoms. The summed E-state index contributed by atoms with van der Waals surface area (Å²) in [6, 6.07) is -0.564. The first-order valence-corrected chi connectivity index (χ1v) is 4.59. The lowest BCUT2D eigenvalue weighted by Crippen LogP contribution is -2.53. The molecule has 0 saturated carbocycles. The van der Waals surface area contributed by atoms with Crippen molar-refractivity contribution in [2.45, 2.75) is 18.8 Å². The van der Waals surface area contributed by atoms with E-state index in [0.29, 0.717) is 13.1 Å². The lowest BCUT2D eigenvalue weighted by Gasteiger charge is -2.30. The van der Waals surface area contributed by atoms with Gasteiger partial charge in [-0.3, -0.25) is 9.53 Å². The highest BCUT2D eigenvalue weighted by Gasteiger charge is 2.31. The first-order valence-electron chi connectivity index (χ1n) is 4.59. The predicted molar refractivity (Wildman–Crippen MR) is 46.1 cm³/mol. The maximum Gasteiger partial charge on any atom is 0.522 e. The molecule has 7 heteroatoms. The summed E-state index contributed by atoms with van der Waals surface area (Å²) in [5.74, 6) is -0.188. The Morgan fingerprint density at radius 2 is 2.27 bits per heavy atom. The molecule has 0 spiro atoms. The van der Waals surface area contributed by atoms with Crippen LogP contribution in [0.5, 0.6) is 0 Å². The average molecular weight is 226 g/mol. The van der Waals surface area contributed by atoms with Crippen LogP contribution < -0.4 is 5.32 Å². The van der Waals surface area contributed by atoms with Crippen molar-refractivity contribution in [2.24, 2.45) is 0 Å². The number of hydrogen-bond acceptors (Lipinski definition) is 3. The summed E-state index contributed by atoms with van der Waals surface area (Å²) < 4.78 is 38.5. The predicted octanol–water partition coefficient (Wildman–Crippen LogP) is 0.343. The molecule has 4 nitrogen and oxygen atoms in total. The van der Waals surface area contributed by atoms with Gasteiger partial charge in [-0.25, -0.2) is 0 Å². The van der Waals surface area contributed by atoms with E-state index in [2.05, 4.69) is 10.1 Å². The number of ether oxygens (including phenoxy) is 1. The van der Waals surface area contributed by atoms with E-state index in [0.717, 1.165) is 0 Å². The van der Waals surface area contributed by atoms with Gasteiger partial charge in [0.2, 0.25) is 5.91 Å². The summed E-state index contributed by atoms with van der Waals surface area (Å²) in [6.07, 6.45) is -4.59. The number of alkyl halides is 3. The van der Waals surface area contributed by atoms with Crippen LogP contribution in [0, 0.1) is 0 Å². The van der Waals surface area contributed by atoms with Gasteiger partial charge in [-0.15, -0.1) is 13.2 Å². The van der Waals surface area contributed by atoms with Crippen LogP contribution in [0.3, 0.4) is 0 Å². The summed E-state index contributed by atoms with van der Waals surface area (Å²) in [5, 5.41) is 2.85. The van der Waals surface area contributed by atoms with Crippen molar-refractivity contribution in [3.05, 3.63) is 0 Å². The number of nitrogens with one attached hydrogen (secondary N) is 1. The second kappa shape index (κ2) is 4.80. The molecule has 1 N–H and O–H groups in total. The Morgan fingerprint density at radius 3 is 2.87 bits per heavy atom. The van der Waals surface area contributed by atoms with Crippen molar-refractivity contribution in [2.75, 3.05) is 26.7 Å². The van der Waals surface area contributed by atoms with Crippen LogP contribution in [0.1, 0.15) is 6.42 Å². The molecule has 88 valence electrons. The number of amides is 1. The molecule has 1 unspecified atom stereocenters. The van der Waals surface area contributed by atoms with Crippen LogP contribution in [0.25, 0.3) is 0 Å². The summed E-state index contributed by atoms with van der Waals surface area (Å²) >= 11 is 0. The molecule has 1 saturated heterocycles. The minimum atomic E-state index is -4.62. The molecule has 1 aliphatic rings. The van der Waals surface area contributed by atoms with Crippen LogP contribution in [0.2, 0.25) is 0 Å². The first kappa shape index (κ1) is 12.3. The fourth-order valence-electron chi connectivity index (χ4n) is 1.39. The highest BCUT2D eigenvalue weighted by atomic mass is 19.4. The third-order valence-electron chi connectivity index (χ3n) is 2.18. The van der Waals surface area contributed by atoms with Crippen molar-refractivity contribution < 1.29 is 22.7 Å². The second-order valence-corrected chi connectivity index (χ2v) is 3.35. The molecular formula is C8H13F3N2O2. The molecule has 0 aromatic carbocycles. The van der Waals surface area contributed by atoms with E-state index in [1.807, 2.05) is 0 Å². The van der Waals surface area contributed by atoms with Crippen molar-refractivity contribution in [3.63, 3.8) is 0 Å². The van der Waals surface area contributed by atoms with E-state index < -0.39 is 19.0 Å². The maximum atomic E-state index is 11.6. The largest absolute Gasteiger partial charge is 0.522 e. The lowest BCUT2D eigenvalue weighted by atomic mass is 10.1. The standard InChI is InChI=1S/C8H13F3N2O2/c1-13-4-3-12-6(7(13)14)2-5-15-8(9,10)11/h6,12H,2-5H2,1H3. The number of carbonyl (C=O) groups is 1. The smallest absolute Gasteiger partial charge is 0.343 e. The number of hydrogen-bond donors (Lipinski definition) is 1. The number of halogens is 3. The highest BCUT2D eigenvalue weighted by molar-refractivity contribution is 5.82. The third-order valence-corrected chi connectivity index (χ3v) is 2.18.